The topological polar surface area (TPSA) is 41.1 Å². The Morgan fingerprint density at radius 1 is 0.759 bits per heavy atom. The fraction of sp³-hybridized carbons (Fsp3) is 0.192. The van der Waals surface area contributed by atoms with E-state index in [-0.39, 0.29) is 17.7 Å². The number of allylic oxidation sites excluding steroid dienone is 1. The Bertz CT molecular complexity index is 1080. The molecule has 3 heteroatoms. The smallest absolute Gasteiger partial charge is 0.163 e. The average Bonchev–Trinajstić information content (AvgIpc) is 2.92. The molecule has 3 aromatic carbocycles. The number of Topliss-reactive ketones (excluding diaryl/α,β-unsaturated/α-hetero) is 1. The Hall–Kier alpha value is -3.33. The van der Waals surface area contributed by atoms with E-state index < -0.39 is 0 Å². The van der Waals surface area contributed by atoms with Crippen molar-refractivity contribution in [3.63, 3.8) is 0 Å². The molecule has 2 aliphatic rings. The van der Waals surface area contributed by atoms with Crippen molar-refractivity contribution in [2.45, 2.75) is 31.7 Å². The Kier molecular flexibility index (Phi) is 4.44. The van der Waals surface area contributed by atoms with Crippen molar-refractivity contribution >= 4 is 17.2 Å². The summed E-state index contributed by atoms with van der Waals surface area (Å²) in [6.45, 7) is 2.09. The highest BCUT2D eigenvalue weighted by Crippen LogP contribution is 2.44. The second-order valence-electron chi connectivity index (χ2n) is 7.99. The number of carbonyl (C=O) groups excluding carboxylic acids is 1. The van der Waals surface area contributed by atoms with Crippen LogP contribution < -0.4 is 10.6 Å². The van der Waals surface area contributed by atoms with Crippen LogP contribution in [0.4, 0.5) is 11.4 Å². The third-order valence-electron chi connectivity index (χ3n) is 5.99. The van der Waals surface area contributed by atoms with Gasteiger partial charge in [-0.3, -0.25) is 4.79 Å². The van der Waals surface area contributed by atoms with E-state index in [0.29, 0.717) is 6.42 Å². The molecule has 0 amide bonds. The van der Waals surface area contributed by atoms with Gasteiger partial charge in [0.25, 0.3) is 0 Å². The van der Waals surface area contributed by atoms with E-state index in [2.05, 4.69) is 78.2 Å². The lowest BCUT2D eigenvalue weighted by atomic mass is 9.78. The van der Waals surface area contributed by atoms with Gasteiger partial charge in [0.2, 0.25) is 0 Å². The van der Waals surface area contributed by atoms with Gasteiger partial charge in [0, 0.05) is 17.7 Å². The third-order valence-corrected chi connectivity index (χ3v) is 5.99. The molecule has 0 radical (unpaired) electrons. The SMILES string of the molecule is Cc1ccc([C@@H]2Nc3ccccc3NC3=C2C(=O)C[C@@H](c2ccccc2)C3)cc1. The summed E-state index contributed by atoms with van der Waals surface area (Å²) in [4.78, 5) is 13.4. The van der Waals surface area contributed by atoms with Gasteiger partial charge in [-0.2, -0.15) is 0 Å². The van der Waals surface area contributed by atoms with Gasteiger partial charge in [0.15, 0.2) is 5.78 Å². The van der Waals surface area contributed by atoms with E-state index >= 15 is 0 Å². The number of nitrogens with one attached hydrogen (secondary N) is 2. The number of anilines is 2. The molecule has 144 valence electrons. The highest BCUT2D eigenvalue weighted by Gasteiger charge is 2.35. The standard InChI is InChI=1S/C26H24N2O/c1-17-11-13-19(14-12-17)26-25-23(27-21-9-5-6-10-22(21)28-26)15-20(16-24(25)29)18-7-3-2-4-8-18/h2-14,20,26-28H,15-16H2,1H3/t20-,26-/m0/s1. The van der Waals surface area contributed by atoms with Crippen molar-refractivity contribution in [2.75, 3.05) is 10.6 Å². The molecular formula is C26H24N2O. The molecule has 0 saturated heterocycles. The minimum absolute atomic E-state index is 0.147. The van der Waals surface area contributed by atoms with Crippen LogP contribution in [0.1, 0.15) is 41.5 Å². The van der Waals surface area contributed by atoms with Crippen molar-refractivity contribution in [1.82, 2.24) is 0 Å². The Morgan fingerprint density at radius 2 is 1.45 bits per heavy atom. The van der Waals surface area contributed by atoms with Crippen molar-refractivity contribution in [1.29, 1.82) is 0 Å². The molecule has 2 atom stereocenters. The van der Waals surface area contributed by atoms with Crippen molar-refractivity contribution in [3.05, 3.63) is 107 Å². The van der Waals surface area contributed by atoms with Gasteiger partial charge in [-0.25, -0.2) is 0 Å². The van der Waals surface area contributed by atoms with Gasteiger partial charge in [-0.15, -0.1) is 0 Å². The van der Waals surface area contributed by atoms with Crippen LogP contribution in [0.15, 0.2) is 90.1 Å². The molecule has 2 N–H and O–H groups in total. The number of aryl methyl sites for hydroxylation is 1. The van der Waals surface area contributed by atoms with Gasteiger partial charge in [-0.05, 0) is 42.5 Å². The number of rotatable bonds is 2. The highest BCUT2D eigenvalue weighted by atomic mass is 16.1. The van der Waals surface area contributed by atoms with Crippen LogP contribution in [0, 0.1) is 6.92 Å². The number of para-hydroxylation sites is 2. The summed E-state index contributed by atoms with van der Waals surface area (Å²) in [5.41, 5.74) is 7.52. The normalized spacial score (nSPS) is 20.8. The van der Waals surface area contributed by atoms with Crippen LogP contribution in [-0.4, -0.2) is 5.78 Å². The zero-order valence-corrected chi connectivity index (χ0v) is 16.5. The molecular weight excluding hydrogens is 356 g/mol. The predicted octanol–water partition coefficient (Wildman–Crippen LogP) is 5.97. The maximum absolute atomic E-state index is 13.4. The average molecular weight is 380 g/mol. The lowest BCUT2D eigenvalue weighted by molar-refractivity contribution is -0.116. The summed E-state index contributed by atoms with van der Waals surface area (Å²) >= 11 is 0. The first kappa shape index (κ1) is 17.7. The monoisotopic (exact) mass is 380 g/mol. The van der Waals surface area contributed by atoms with E-state index in [0.717, 1.165) is 34.6 Å². The third kappa shape index (κ3) is 3.33. The van der Waals surface area contributed by atoms with Crippen LogP contribution in [-0.2, 0) is 4.79 Å². The summed E-state index contributed by atoms with van der Waals surface area (Å²) in [6, 6.07) is 26.9. The molecule has 0 aromatic heterocycles. The van der Waals surface area contributed by atoms with Gasteiger partial charge < -0.3 is 10.6 Å². The maximum Gasteiger partial charge on any atom is 0.163 e. The van der Waals surface area contributed by atoms with Crippen molar-refractivity contribution in [2.24, 2.45) is 0 Å². The fourth-order valence-electron chi connectivity index (χ4n) is 4.46. The predicted molar refractivity (Wildman–Crippen MR) is 118 cm³/mol. The molecule has 3 aromatic rings. The molecule has 29 heavy (non-hydrogen) atoms. The fourth-order valence-corrected chi connectivity index (χ4v) is 4.46. The molecule has 1 heterocycles. The minimum atomic E-state index is -0.147. The summed E-state index contributed by atoms with van der Waals surface area (Å²) in [5.74, 6) is 0.428. The number of ketones is 1. The van der Waals surface area contributed by atoms with Crippen LogP contribution >= 0.6 is 0 Å². The van der Waals surface area contributed by atoms with Crippen molar-refractivity contribution in [3.8, 4) is 0 Å². The lowest BCUT2D eigenvalue weighted by Gasteiger charge is -2.30. The van der Waals surface area contributed by atoms with Crippen LogP contribution in [0.5, 0.6) is 0 Å². The summed E-state index contributed by atoms with van der Waals surface area (Å²) in [7, 11) is 0. The second-order valence-corrected chi connectivity index (χ2v) is 7.99. The molecule has 0 bridgehead atoms. The zero-order valence-electron chi connectivity index (χ0n) is 16.5. The van der Waals surface area contributed by atoms with E-state index in [9.17, 15) is 4.79 Å². The number of carbonyl (C=O) groups is 1. The first-order chi connectivity index (χ1) is 14.2. The van der Waals surface area contributed by atoms with Gasteiger partial charge in [0.05, 0.1) is 17.4 Å². The number of hydrogen-bond donors (Lipinski definition) is 2. The van der Waals surface area contributed by atoms with E-state index in [1.165, 1.54) is 11.1 Å². The Labute approximate surface area is 171 Å². The van der Waals surface area contributed by atoms with Gasteiger partial charge >= 0.3 is 0 Å². The van der Waals surface area contributed by atoms with E-state index in [4.69, 9.17) is 0 Å². The minimum Gasteiger partial charge on any atom is -0.372 e. The molecule has 0 saturated carbocycles. The lowest BCUT2D eigenvalue weighted by Crippen LogP contribution is -2.26. The van der Waals surface area contributed by atoms with E-state index in [1.807, 2.05) is 18.2 Å². The summed E-state index contributed by atoms with van der Waals surface area (Å²) in [6.07, 6.45) is 1.38. The molecule has 0 unspecified atom stereocenters. The molecule has 1 aliphatic heterocycles. The first-order valence-electron chi connectivity index (χ1n) is 10.2. The van der Waals surface area contributed by atoms with Crippen LogP contribution in [0.3, 0.4) is 0 Å². The van der Waals surface area contributed by atoms with Crippen LogP contribution in [0.2, 0.25) is 0 Å². The Balaban J connectivity index is 1.61. The molecule has 0 spiro atoms. The quantitative estimate of drug-likeness (QED) is 0.575. The molecule has 5 rings (SSSR count). The zero-order chi connectivity index (χ0) is 19.8. The van der Waals surface area contributed by atoms with Gasteiger partial charge in [0.1, 0.15) is 0 Å². The summed E-state index contributed by atoms with van der Waals surface area (Å²) < 4.78 is 0. The first-order valence-corrected chi connectivity index (χ1v) is 10.2. The number of benzene rings is 3. The second kappa shape index (κ2) is 7.25. The number of hydrogen-bond acceptors (Lipinski definition) is 3. The van der Waals surface area contributed by atoms with E-state index in [1.54, 1.807) is 0 Å². The Morgan fingerprint density at radius 3 is 2.21 bits per heavy atom. The molecule has 1 aliphatic carbocycles. The van der Waals surface area contributed by atoms with Crippen molar-refractivity contribution < 1.29 is 4.79 Å². The van der Waals surface area contributed by atoms with Crippen LogP contribution in [0.25, 0.3) is 0 Å². The van der Waals surface area contributed by atoms with Gasteiger partial charge in [-0.1, -0.05) is 72.3 Å². The number of fused-ring (bicyclic) bond motifs is 1. The summed E-state index contributed by atoms with van der Waals surface area (Å²) in [5, 5.41) is 7.24. The molecule has 0 fully saturated rings. The highest BCUT2D eigenvalue weighted by molar-refractivity contribution is 6.01. The maximum atomic E-state index is 13.4. The largest absolute Gasteiger partial charge is 0.372 e. The molecule has 3 nitrogen and oxygen atoms in total.